The first-order valence-electron chi connectivity index (χ1n) is 8.29. The summed E-state index contributed by atoms with van der Waals surface area (Å²) in [6, 6.07) is 0.561. The van der Waals surface area contributed by atoms with E-state index >= 15 is 0 Å². The Morgan fingerprint density at radius 3 is 2.38 bits per heavy atom. The smallest absolute Gasteiger partial charge is 0.193 e. The molecule has 2 aliphatic heterocycles. The number of likely N-dealkylation sites (tertiary alicyclic amines) is 1. The van der Waals surface area contributed by atoms with Crippen LogP contribution in [0.25, 0.3) is 0 Å². The zero-order valence-electron chi connectivity index (χ0n) is 14.5. The Balaban J connectivity index is 1.78. The van der Waals surface area contributed by atoms with Crippen LogP contribution in [0, 0.1) is 5.41 Å². The van der Waals surface area contributed by atoms with Gasteiger partial charge in [0.2, 0.25) is 0 Å². The van der Waals surface area contributed by atoms with Crippen molar-refractivity contribution in [3.05, 3.63) is 0 Å². The molecule has 0 amide bonds. The molecule has 0 bridgehead atoms. The molecule has 2 aliphatic rings. The van der Waals surface area contributed by atoms with Crippen molar-refractivity contribution < 1.29 is 0 Å². The molecule has 21 heavy (non-hydrogen) atoms. The summed E-state index contributed by atoms with van der Waals surface area (Å²) in [5.74, 6) is 1.07. The van der Waals surface area contributed by atoms with Crippen LogP contribution in [0.3, 0.4) is 0 Å². The van der Waals surface area contributed by atoms with Gasteiger partial charge in [0.05, 0.1) is 0 Å². The highest BCUT2D eigenvalue weighted by molar-refractivity contribution is 5.80. The van der Waals surface area contributed by atoms with Crippen molar-refractivity contribution in [3.63, 3.8) is 0 Å². The molecule has 2 rings (SSSR count). The fraction of sp³-hybridized carbons (Fsp3) is 0.938. The molecule has 0 spiro atoms. The molecule has 1 unspecified atom stereocenters. The zero-order valence-corrected chi connectivity index (χ0v) is 14.5. The van der Waals surface area contributed by atoms with Crippen LogP contribution < -0.4 is 5.32 Å². The first kappa shape index (κ1) is 16.6. The summed E-state index contributed by atoms with van der Waals surface area (Å²) >= 11 is 0. The Kier molecular flexibility index (Phi) is 5.49. The highest BCUT2D eigenvalue weighted by Crippen LogP contribution is 2.28. The van der Waals surface area contributed by atoms with Crippen molar-refractivity contribution in [2.24, 2.45) is 10.4 Å². The van der Waals surface area contributed by atoms with Crippen LogP contribution in [0.5, 0.6) is 0 Å². The topological polar surface area (TPSA) is 34.1 Å². The predicted octanol–water partition coefficient (Wildman–Crippen LogP) is 0.930. The van der Waals surface area contributed by atoms with Crippen LogP contribution in [0.4, 0.5) is 0 Å². The van der Waals surface area contributed by atoms with Gasteiger partial charge in [-0.05, 0) is 25.8 Å². The van der Waals surface area contributed by atoms with Crippen molar-refractivity contribution in [3.8, 4) is 0 Å². The Labute approximate surface area is 130 Å². The van der Waals surface area contributed by atoms with Gasteiger partial charge in [-0.1, -0.05) is 13.8 Å². The van der Waals surface area contributed by atoms with Crippen LogP contribution in [-0.4, -0.2) is 86.6 Å². The normalized spacial score (nSPS) is 26.1. The van der Waals surface area contributed by atoms with Gasteiger partial charge in [-0.15, -0.1) is 0 Å². The second-order valence-electron chi connectivity index (χ2n) is 7.45. The molecular weight excluding hydrogens is 262 g/mol. The fourth-order valence-electron chi connectivity index (χ4n) is 3.26. The Bertz CT molecular complexity index is 358. The first-order valence-corrected chi connectivity index (χ1v) is 8.29. The molecule has 122 valence electrons. The SMILES string of the molecule is CN=C(NCC(C)N1CCN(C)CC1)N1CCC(C)(C)C1. The van der Waals surface area contributed by atoms with E-state index in [9.17, 15) is 0 Å². The van der Waals surface area contributed by atoms with E-state index in [-0.39, 0.29) is 0 Å². The Morgan fingerprint density at radius 2 is 1.86 bits per heavy atom. The maximum absolute atomic E-state index is 4.47. The van der Waals surface area contributed by atoms with Gasteiger partial charge in [-0.25, -0.2) is 0 Å². The summed E-state index contributed by atoms with van der Waals surface area (Å²) in [5, 5.41) is 3.58. The molecule has 2 heterocycles. The van der Waals surface area contributed by atoms with E-state index in [1.165, 1.54) is 32.6 Å². The first-order chi connectivity index (χ1) is 9.91. The maximum Gasteiger partial charge on any atom is 0.193 e. The lowest BCUT2D eigenvalue weighted by molar-refractivity contribution is 0.119. The molecule has 1 atom stereocenters. The third-order valence-corrected chi connectivity index (χ3v) is 4.91. The predicted molar refractivity (Wildman–Crippen MR) is 89.9 cm³/mol. The second kappa shape index (κ2) is 6.97. The molecule has 0 aromatic rings. The second-order valence-corrected chi connectivity index (χ2v) is 7.45. The van der Waals surface area contributed by atoms with Crippen LogP contribution in [0.15, 0.2) is 4.99 Å². The van der Waals surface area contributed by atoms with Gasteiger partial charge < -0.3 is 15.1 Å². The van der Waals surface area contributed by atoms with Crippen LogP contribution in [-0.2, 0) is 0 Å². The van der Waals surface area contributed by atoms with Crippen molar-refractivity contribution in [1.29, 1.82) is 0 Å². The number of likely N-dealkylation sites (N-methyl/N-ethyl adjacent to an activating group) is 1. The monoisotopic (exact) mass is 295 g/mol. The van der Waals surface area contributed by atoms with E-state index in [1.54, 1.807) is 0 Å². The molecule has 0 radical (unpaired) electrons. The van der Waals surface area contributed by atoms with Crippen molar-refractivity contribution in [2.45, 2.75) is 33.2 Å². The summed E-state index contributed by atoms with van der Waals surface area (Å²) < 4.78 is 0. The van der Waals surface area contributed by atoms with E-state index in [0.29, 0.717) is 11.5 Å². The number of guanidine groups is 1. The zero-order chi connectivity index (χ0) is 15.5. The van der Waals surface area contributed by atoms with E-state index in [2.05, 4.69) is 52.8 Å². The lowest BCUT2D eigenvalue weighted by atomic mass is 9.93. The Hall–Kier alpha value is -0.810. The van der Waals surface area contributed by atoms with Crippen molar-refractivity contribution >= 4 is 5.96 Å². The molecule has 0 aliphatic carbocycles. The maximum atomic E-state index is 4.47. The molecule has 5 heteroatoms. The number of hydrogen-bond donors (Lipinski definition) is 1. The molecule has 0 saturated carbocycles. The fourth-order valence-corrected chi connectivity index (χ4v) is 3.26. The van der Waals surface area contributed by atoms with Crippen LogP contribution in [0.1, 0.15) is 27.2 Å². The number of rotatable bonds is 3. The molecular formula is C16H33N5. The van der Waals surface area contributed by atoms with Gasteiger partial charge in [-0.3, -0.25) is 9.89 Å². The van der Waals surface area contributed by atoms with Crippen molar-refractivity contribution in [2.75, 3.05) is 59.9 Å². The van der Waals surface area contributed by atoms with Gasteiger partial charge in [0.15, 0.2) is 5.96 Å². The van der Waals surface area contributed by atoms with Gasteiger partial charge >= 0.3 is 0 Å². The summed E-state index contributed by atoms with van der Waals surface area (Å²) in [5.41, 5.74) is 0.417. The molecule has 5 nitrogen and oxygen atoms in total. The number of piperazine rings is 1. The third-order valence-electron chi connectivity index (χ3n) is 4.91. The van der Waals surface area contributed by atoms with Gasteiger partial charge in [0.25, 0.3) is 0 Å². The minimum atomic E-state index is 0.417. The summed E-state index contributed by atoms with van der Waals surface area (Å²) in [6.07, 6.45) is 1.25. The quantitative estimate of drug-likeness (QED) is 0.620. The number of nitrogens with one attached hydrogen (secondary N) is 1. The highest BCUT2D eigenvalue weighted by atomic mass is 15.3. The number of hydrogen-bond acceptors (Lipinski definition) is 3. The molecule has 2 fully saturated rings. The minimum Gasteiger partial charge on any atom is -0.355 e. The minimum absolute atomic E-state index is 0.417. The van der Waals surface area contributed by atoms with Crippen LogP contribution in [0.2, 0.25) is 0 Å². The number of nitrogens with zero attached hydrogens (tertiary/aromatic N) is 4. The third kappa shape index (κ3) is 4.58. The lowest BCUT2D eigenvalue weighted by Crippen LogP contribution is -2.52. The average molecular weight is 295 g/mol. The van der Waals surface area contributed by atoms with E-state index in [4.69, 9.17) is 0 Å². The summed E-state index contributed by atoms with van der Waals surface area (Å²) in [4.78, 5) is 11.9. The summed E-state index contributed by atoms with van der Waals surface area (Å²) in [6.45, 7) is 14.9. The van der Waals surface area contributed by atoms with Gasteiger partial charge in [-0.2, -0.15) is 0 Å². The van der Waals surface area contributed by atoms with Gasteiger partial charge in [0.1, 0.15) is 0 Å². The Morgan fingerprint density at radius 1 is 1.19 bits per heavy atom. The standard InChI is InChI=1S/C16H33N5/c1-14(20-10-8-19(5)9-11-20)12-18-15(17-4)21-7-6-16(2,3)13-21/h14H,6-13H2,1-5H3,(H,17,18). The molecule has 0 aromatic carbocycles. The molecule has 1 N–H and O–H groups in total. The van der Waals surface area contributed by atoms with Crippen molar-refractivity contribution in [1.82, 2.24) is 20.0 Å². The number of aliphatic imine (C=N–C) groups is 1. The molecule has 2 saturated heterocycles. The van der Waals surface area contributed by atoms with E-state index in [1.807, 2.05) is 7.05 Å². The van der Waals surface area contributed by atoms with Gasteiger partial charge in [0, 0.05) is 58.9 Å². The molecule has 0 aromatic heterocycles. The highest BCUT2D eigenvalue weighted by Gasteiger charge is 2.31. The van der Waals surface area contributed by atoms with E-state index < -0.39 is 0 Å². The summed E-state index contributed by atoms with van der Waals surface area (Å²) in [7, 11) is 4.10. The lowest BCUT2D eigenvalue weighted by Gasteiger charge is -2.37. The average Bonchev–Trinajstić information content (AvgIpc) is 2.80. The van der Waals surface area contributed by atoms with E-state index in [0.717, 1.165) is 25.6 Å². The largest absolute Gasteiger partial charge is 0.355 e. The van der Waals surface area contributed by atoms with Crippen LogP contribution >= 0.6 is 0 Å².